The molecule has 3 atom stereocenters. The van der Waals surface area contributed by atoms with Crippen molar-refractivity contribution in [2.24, 2.45) is 17.3 Å². The summed E-state index contributed by atoms with van der Waals surface area (Å²) in [6.07, 6.45) is 14.3. The van der Waals surface area contributed by atoms with Gasteiger partial charge in [0.15, 0.2) is 0 Å². The predicted octanol–water partition coefficient (Wildman–Crippen LogP) is 3.49. The first-order chi connectivity index (χ1) is 7.33. The number of carbonyl (C=O) groups is 1. The van der Waals surface area contributed by atoms with E-state index in [2.05, 4.69) is 12.2 Å². The number of allylic oxidation sites excluding steroid dienone is 2. The normalized spacial score (nSPS) is 44.7. The molecule has 2 fully saturated rings. The molecule has 82 valence electrons. The van der Waals surface area contributed by atoms with Crippen LogP contribution in [-0.2, 0) is 4.79 Å². The summed E-state index contributed by atoms with van der Waals surface area (Å²) in [4.78, 5) is 12.6. The van der Waals surface area contributed by atoms with Gasteiger partial charge in [-0.2, -0.15) is 0 Å². The molecule has 3 aliphatic rings. The topological polar surface area (TPSA) is 17.1 Å². The molecule has 0 aliphatic heterocycles. The van der Waals surface area contributed by atoms with Gasteiger partial charge in [0, 0.05) is 11.3 Å². The van der Waals surface area contributed by atoms with Crippen molar-refractivity contribution in [2.75, 3.05) is 0 Å². The van der Waals surface area contributed by atoms with Crippen LogP contribution in [0.3, 0.4) is 0 Å². The van der Waals surface area contributed by atoms with E-state index in [1.54, 1.807) is 0 Å². The van der Waals surface area contributed by atoms with E-state index in [0.29, 0.717) is 17.6 Å². The highest BCUT2D eigenvalue weighted by Crippen LogP contribution is 2.53. The Morgan fingerprint density at radius 1 is 1.13 bits per heavy atom. The van der Waals surface area contributed by atoms with Crippen molar-refractivity contribution in [3.63, 3.8) is 0 Å². The van der Waals surface area contributed by atoms with Gasteiger partial charge < -0.3 is 0 Å². The lowest BCUT2D eigenvalue weighted by Gasteiger charge is -2.32. The molecule has 0 aromatic carbocycles. The van der Waals surface area contributed by atoms with E-state index in [1.807, 2.05) is 0 Å². The third-order valence-electron chi connectivity index (χ3n) is 4.92. The van der Waals surface area contributed by atoms with Crippen molar-refractivity contribution in [3.05, 3.63) is 12.2 Å². The molecule has 0 aromatic rings. The van der Waals surface area contributed by atoms with Crippen molar-refractivity contribution < 1.29 is 4.79 Å². The highest BCUT2D eigenvalue weighted by Gasteiger charge is 2.50. The lowest BCUT2D eigenvalue weighted by Crippen LogP contribution is -2.36. The highest BCUT2D eigenvalue weighted by molar-refractivity contribution is 5.88. The minimum atomic E-state index is 0.0914. The van der Waals surface area contributed by atoms with E-state index < -0.39 is 0 Å². The molecular weight excluding hydrogens is 184 g/mol. The van der Waals surface area contributed by atoms with Crippen LogP contribution in [-0.4, -0.2) is 5.78 Å². The van der Waals surface area contributed by atoms with Crippen LogP contribution in [0.5, 0.6) is 0 Å². The van der Waals surface area contributed by atoms with Crippen molar-refractivity contribution >= 4 is 5.78 Å². The van der Waals surface area contributed by atoms with Crippen LogP contribution < -0.4 is 0 Å². The third-order valence-corrected chi connectivity index (χ3v) is 4.92. The summed E-state index contributed by atoms with van der Waals surface area (Å²) in [5.74, 6) is 1.59. The Bertz CT molecular complexity index is 304. The lowest BCUT2D eigenvalue weighted by atomic mass is 9.70. The summed E-state index contributed by atoms with van der Waals surface area (Å²) in [7, 11) is 0. The smallest absolute Gasteiger partial charge is 0.142 e. The Morgan fingerprint density at radius 2 is 2.00 bits per heavy atom. The minimum Gasteiger partial charge on any atom is -0.299 e. The van der Waals surface area contributed by atoms with Gasteiger partial charge in [-0.05, 0) is 38.0 Å². The molecule has 0 saturated heterocycles. The van der Waals surface area contributed by atoms with Gasteiger partial charge in [0.2, 0.25) is 0 Å². The van der Waals surface area contributed by atoms with Gasteiger partial charge in [0.25, 0.3) is 0 Å². The SMILES string of the molecule is O=C1[C@@H]2CC=C[C@@H]3CCC[C@]13CCCC2. The maximum absolute atomic E-state index is 12.6. The second-order valence-electron chi connectivity index (χ2n) is 5.63. The molecule has 0 radical (unpaired) electrons. The Morgan fingerprint density at radius 3 is 2.93 bits per heavy atom. The monoisotopic (exact) mass is 204 g/mol. The molecule has 1 heteroatoms. The summed E-state index contributed by atoms with van der Waals surface area (Å²) in [6, 6.07) is 0. The maximum atomic E-state index is 12.6. The zero-order chi connectivity index (χ0) is 10.3. The van der Waals surface area contributed by atoms with Gasteiger partial charge in [-0.3, -0.25) is 4.79 Å². The molecule has 3 aliphatic carbocycles. The molecule has 0 N–H and O–H groups in total. The van der Waals surface area contributed by atoms with Gasteiger partial charge in [-0.1, -0.05) is 31.4 Å². The van der Waals surface area contributed by atoms with Crippen LogP contribution in [0.4, 0.5) is 0 Å². The quantitative estimate of drug-likeness (QED) is 0.552. The van der Waals surface area contributed by atoms with E-state index in [9.17, 15) is 4.79 Å². The number of hydrogen-bond acceptors (Lipinski definition) is 1. The average Bonchev–Trinajstić information content (AvgIpc) is 2.54. The standard InChI is InChI=1S/C14H20O/c15-13-11-5-1-2-9-14(13)10-4-8-12(14)7-3-6-11/h3,7,11-12H,1-2,4-6,8-10H2/t11-,12+,14-/m0/s1. The number of fused-ring (bicyclic) bond motifs is 1. The average molecular weight is 204 g/mol. The first-order valence-corrected chi connectivity index (χ1v) is 6.54. The van der Waals surface area contributed by atoms with Crippen molar-refractivity contribution in [3.8, 4) is 0 Å². The Labute approximate surface area is 91.9 Å². The fraction of sp³-hybridized carbons (Fsp3) is 0.786. The van der Waals surface area contributed by atoms with Crippen LogP contribution in [0.15, 0.2) is 12.2 Å². The van der Waals surface area contributed by atoms with E-state index in [1.165, 1.54) is 38.5 Å². The molecule has 0 amide bonds. The Balaban J connectivity index is 2.04. The van der Waals surface area contributed by atoms with Crippen molar-refractivity contribution in [1.29, 1.82) is 0 Å². The first-order valence-electron chi connectivity index (χ1n) is 6.54. The molecule has 0 heterocycles. The van der Waals surface area contributed by atoms with E-state index in [0.717, 1.165) is 12.8 Å². The van der Waals surface area contributed by atoms with Crippen LogP contribution >= 0.6 is 0 Å². The number of carbonyl (C=O) groups excluding carboxylic acids is 1. The number of hydrogen-bond donors (Lipinski definition) is 0. The summed E-state index contributed by atoms with van der Waals surface area (Å²) in [5, 5.41) is 0. The molecule has 0 aromatic heterocycles. The minimum absolute atomic E-state index is 0.0914. The molecule has 3 rings (SSSR count). The summed E-state index contributed by atoms with van der Waals surface area (Å²) in [5.41, 5.74) is 0.0914. The van der Waals surface area contributed by atoms with Crippen LogP contribution in [0, 0.1) is 17.3 Å². The van der Waals surface area contributed by atoms with Crippen LogP contribution in [0.1, 0.15) is 51.4 Å². The van der Waals surface area contributed by atoms with Gasteiger partial charge in [-0.25, -0.2) is 0 Å². The molecule has 2 saturated carbocycles. The molecule has 15 heavy (non-hydrogen) atoms. The predicted molar refractivity (Wildman–Crippen MR) is 60.5 cm³/mol. The van der Waals surface area contributed by atoms with Crippen molar-refractivity contribution in [2.45, 2.75) is 51.4 Å². The zero-order valence-electron chi connectivity index (χ0n) is 9.37. The Kier molecular flexibility index (Phi) is 2.22. The molecular formula is C14H20O. The van der Waals surface area contributed by atoms with Crippen LogP contribution in [0.25, 0.3) is 0 Å². The highest BCUT2D eigenvalue weighted by atomic mass is 16.1. The molecule has 1 nitrogen and oxygen atoms in total. The van der Waals surface area contributed by atoms with Gasteiger partial charge in [0.1, 0.15) is 5.78 Å². The number of rotatable bonds is 0. The Hall–Kier alpha value is -0.590. The van der Waals surface area contributed by atoms with E-state index in [4.69, 9.17) is 0 Å². The maximum Gasteiger partial charge on any atom is 0.142 e. The van der Waals surface area contributed by atoms with Gasteiger partial charge >= 0.3 is 0 Å². The molecule has 0 unspecified atom stereocenters. The number of Topliss-reactive ketones (excluding diaryl/α,β-unsaturated/α-hetero) is 1. The van der Waals surface area contributed by atoms with Gasteiger partial charge in [0.05, 0.1) is 0 Å². The molecule has 1 spiro atoms. The van der Waals surface area contributed by atoms with E-state index in [-0.39, 0.29) is 5.41 Å². The fourth-order valence-electron chi connectivity index (χ4n) is 4.12. The summed E-state index contributed by atoms with van der Waals surface area (Å²) < 4.78 is 0. The summed E-state index contributed by atoms with van der Waals surface area (Å²) in [6.45, 7) is 0. The van der Waals surface area contributed by atoms with E-state index >= 15 is 0 Å². The second-order valence-corrected chi connectivity index (χ2v) is 5.63. The van der Waals surface area contributed by atoms with Crippen LogP contribution in [0.2, 0.25) is 0 Å². The lowest BCUT2D eigenvalue weighted by molar-refractivity contribution is -0.133. The third kappa shape index (κ3) is 1.32. The number of ketones is 1. The second kappa shape index (κ2) is 3.47. The molecule has 2 bridgehead atoms. The zero-order valence-corrected chi connectivity index (χ0v) is 9.37. The first kappa shape index (κ1) is 9.62. The summed E-state index contributed by atoms with van der Waals surface area (Å²) >= 11 is 0. The largest absolute Gasteiger partial charge is 0.299 e. The fourth-order valence-corrected chi connectivity index (χ4v) is 4.12. The van der Waals surface area contributed by atoms with Crippen molar-refractivity contribution in [1.82, 2.24) is 0 Å². The van der Waals surface area contributed by atoms with Gasteiger partial charge in [-0.15, -0.1) is 0 Å².